The maximum absolute atomic E-state index is 5.81. The molecule has 0 radical (unpaired) electrons. The molecule has 0 unspecified atom stereocenters. The molecule has 96 valence electrons. The molecule has 3 rings (SSSR count). The van der Waals surface area contributed by atoms with Crippen molar-refractivity contribution in [1.29, 1.82) is 0 Å². The van der Waals surface area contributed by atoms with Crippen LogP contribution in [0, 0.1) is 6.92 Å². The lowest BCUT2D eigenvalue weighted by atomic mass is 10.1. The number of aromatic nitrogens is 1. The van der Waals surface area contributed by atoms with Gasteiger partial charge in [0.25, 0.3) is 0 Å². The van der Waals surface area contributed by atoms with E-state index >= 15 is 0 Å². The number of aryl methyl sites for hydroxylation is 1. The summed E-state index contributed by atoms with van der Waals surface area (Å²) < 4.78 is 6.79. The molecule has 0 aliphatic rings. The van der Waals surface area contributed by atoms with Crippen molar-refractivity contribution in [3.8, 4) is 5.75 Å². The second-order valence-corrected chi connectivity index (χ2v) is 5.40. The van der Waals surface area contributed by atoms with Gasteiger partial charge >= 0.3 is 0 Å². The van der Waals surface area contributed by atoms with Crippen LogP contribution in [0.3, 0.4) is 0 Å². The summed E-state index contributed by atoms with van der Waals surface area (Å²) in [6.45, 7) is 2.66. The highest BCUT2D eigenvalue weighted by Gasteiger charge is 2.04. The summed E-state index contributed by atoms with van der Waals surface area (Å²) in [5.74, 6) is 0.859. The van der Waals surface area contributed by atoms with E-state index < -0.39 is 0 Å². The number of rotatable bonds is 3. The quantitative estimate of drug-likeness (QED) is 0.736. The molecule has 2 nitrogen and oxygen atoms in total. The molecule has 0 saturated heterocycles. The third-order valence-electron chi connectivity index (χ3n) is 3.16. The van der Waals surface area contributed by atoms with Crippen LogP contribution in [-0.4, -0.2) is 4.98 Å². The Hall–Kier alpha value is -1.74. The molecule has 0 bridgehead atoms. The number of hydrogen-bond acceptors (Lipinski definition) is 1. The Morgan fingerprint density at radius 2 is 1.95 bits per heavy atom. The van der Waals surface area contributed by atoms with Gasteiger partial charge in [0.15, 0.2) is 0 Å². The summed E-state index contributed by atoms with van der Waals surface area (Å²) in [4.78, 5) is 3.39. The first-order valence-electron chi connectivity index (χ1n) is 6.18. The van der Waals surface area contributed by atoms with Crippen molar-refractivity contribution in [3.05, 3.63) is 64.3 Å². The van der Waals surface area contributed by atoms with Crippen LogP contribution in [0.15, 0.2) is 53.0 Å². The van der Waals surface area contributed by atoms with Gasteiger partial charge in [-0.3, -0.25) is 0 Å². The maximum Gasteiger partial charge on any atom is 0.134 e. The van der Waals surface area contributed by atoms with Crippen LogP contribution in [0.5, 0.6) is 5.75 Å². The van der Waals surface area contributed by atoms with Gasteiger partial charge in [0.05, 0.1) is 10.2 Å². The van der Waals surface area contributed by atoms with E-state index in [0.717, 1.165) is 21.4 Å². The molecule has 1 aromatic heterocycles. The zero-order chi connectivity index (χ0) is 13.2. The van der Waals surface area contributed by atoms with Gasteiger partial charge in [0.2, 0.25) is 0 Å². The van der Waals surface area contributed by atoms with E-state index in [1.807, 2.05) is 24.3 Å². The second kappa shape index (κ2) is 5.10. The van der Waals surface area contributed by atoms with E-state index in [-0.39, 0.29) is 0 Å². The predicted octanol–water partition coefficient (Wildman–Crippen LogP) is 4.82. The normalized spacial score (nSPS) is 10.8. The Bertz CT molecular complexity index is 718. The van der Waals surface area contributed by atoms with E-state index in [1.54, 1.807) is 0 Å². The number of H-pyrrole nitrogens is 1. The molecule has 3 heteroatoms. The molecule has 1 heterocycles. The van der Waals surface area contributed by atoms with Gasteiger partial charge in [-0.05, 0) is 52.7 Å². The van der Waals surface area contributed by atoms with Crippen LogP contribution in [0.4, 0.5) is 0 Å². The van der Waals surface area contributed by atoms with E-state index in [4.69, 9.17) is 4.74 Å². The first-order valence-corrected chi connectivity index (χ1v) is 6.98. The summed E-state index contributed by atoms with van der Waals surface area (Å²) in [6, 6.07) is 16.3. The molecule has 3 aromatic rings. The van der Waals surface area contributed by atoms with Crippen molar-refractivity contribution < 1.29 is 4.74 Å². The van der Waals surface area contributed by atoms with Crippen LogP contribution in [0.25, 0.3) is 10.9 Å². The number of ether oxygens (including phenoxy) is 1. The van der Waals surface area contributed by atoms with Crippen LogP contribution in [0.2, 0.25) is 0 Å². The smallest absolute Gasteiger partial charge is 0.134 e. The van der Waals surface area contributed by atoms with Gasteiger partial charge < -0.3 is 9.72 Å². The van der Waals surface area contributed by atoms with Crippen LogP contribution < -0.4 is 4.74 Å². The molecule has 2 aromatic carbocycles. The maximum atomic E-state index is 5.81. The van der Waals surface area contributed by atoms with Crippen molar-refractivity contribution in [3.63, 3.8) is 0 Å². The number of halogens is 1. The van der Waals surface area contributed by atoms with Gasteiger partial charge in [-0.25, -0.2) is 0 Å². The average Bonchev–Trinajstić information content (AvgIpc) is 2.82. The molecule has 0 fully saturated rings. The van der Waals surface area contributed by atoms with E-state index in [9.17, 15) is 0 Å². The minimum Gasteiger partial charge on any atom is -0.486 e. The van der Waals surface area contributed by atoms with Crippen molar-refractivity contribution in [2.45, 2.75) is 13.5 Å². The van der Waals surface area contributed by atoms with Gasteiger partial charge in [-0.15, -0.1) is 0 Å². The largest absolute Gasteiger partial charge is 0.486 e. The fourth-order valence-corrected chi connectivity index (χ4v) is 2.56. The fraction of sp³-hybridized carbons (Fsp3) is 0.125. The second-order valence-electron chi connectivity index (χ2n) is 4.55. The number of nitrogens with one attached hydrogen (secondary N) is 1. The third-order valence-corrected chi connectivity index (χ3v) is 3.81. The number of hydrogen-bond donors (Lipinski definition) is 1. The number of benzene rings is 2. The molecule has 0 saturated carbocycles. The van der Waals surface area contributed by atoms with E-state index in [1.165, 1.54) is 10.9 Å². The topological polar surface area (TPSA) is 25.0 Å². The van der Waals surface area contributed by atoms with Crippen molar-refractivity contribution in [2.75, 3.05) is 0 Å². The zero-order valence-corrected chi connectivity index (χ0v) is 12.2. The monoisotopic (exact) mass is 315 g/mol. The minimum atomic E-state index is 0.538. The molecule has 0 amide bonds. The van der Waals surface area contributed by atoms with Gasteiger partial charge in [-0.1, -0.05) is 24.3 Å². The Morgan fingerprint density at radius 1 is 1.11 bits per heavy atom. The van der Waals surface area contributed by atoms with Gasteiger partial charge in [0, 0.05) is 10.9 Å². The first-order chi connectivity index (χ1) is 9.24. The lowest BCUT2D eigenvalue weighted by molar-refractivity contribution is 0.300. The molecule has 1 N–H and O–H groups in total. The van der Waals surface area contributed by atoms with Crippen LogP contribution in [-0.2, 0) is 6.61 Å². The fourth-order valence-electron chi connectivity index (χ4n) is 2.16. The van der Waals surface area contributed by atoms with Crippen molar-refractivity contribution in [2.24, 2.45) is 0 Å². The summed E-state index contributed by atoms with van der Waals surface area (Å²) in [5, 5.41) is 1.26. The van der Waals surface area contributed by atoms with Gasteiger partial charge in [0.1, 0.15) is 12.4 Å². The Balaban J connectivity index is 1.83. The molecular weight excluding hydrogens is 302 g/mol. The molecule has 0 aliphatic carbocycles. The third kappa shape index (κ3) is 2.51. The molecule has 0 aliphatic heterocycles. The predicted molar refractivity (Wildman–Crippen MR) is 81.5 cm³/mol. The first kappa shape index (κ1) is 12.3. The number of fused-ring (bicyclic) bond motifs is 1. The number of aromatic amines is 1. The summed E-state index contributed by atoms with van der Waals surface area (Å²) >= 11 is 3.48. The zero-order valence-electron chi connectivity index (χ0n) is 10.6. The van der Waals surface area contributed by atoms with Crippen LogP contribution in [0.1, 0.15) is 11.3 Å². The summed E-state index contributed by atoms with van der Waals surface area (Å²) in [6.07, 6.45) is 0. The van der Waals surface area contributed by atoms with Crippen molar-refractivity contribution in [1.82, 2.24) is 4.98 Å². The molecule has 0 atom stereocenters. The lowest BCUT2D eigenvalue weighted by Crippen LogP contribution is -1.95. The van der Waals surface area contributed by atoms with Crippen molar-refractivity contribution >= 4 is 26.8 Å². The van der Waals surface area contributed by atoms with E-state index in [0.29, 0.717) is 6.61 Å². The highest BCUT2D eigenvalue weighted by atomic mass is 79.9. The van der Waals surface area contributed by atoms with Gasteiger partial charge in [-0.2, -0.15) is 0 Å². The Labute approximate surface area is 120 Å². The summed E-state index contributed by atoms with van der Waals surface area (Å²) in [7, 11) is 0. The van der Waals surface area contributed by atoms with Crippen LogP contribution >= 0.6 is 15.9 Å². The summed E-state index contributed by atoms with van der Waals surface area (Å²) in [5.41, 5.74) is 3.52. The SMILES string of the molecule is Cc1cccc2[nH]c(COc3ccccc3Br)cc12. The molecule has 0 spiro atoms. The highest BCUT2D eigenvalue weighted by Crippen LogP contribution is 2.25. The minimum absolute atomic E-state index is 0.538. The standard InChI is InChI=1S/C16H14BrNO/c1-11-5-4-7-15-13(11)9-12(18-15)10-19-16-8-3-2-6-14(16)17/h2-9,18H,10H2,1H3. The molecular formula is C16H14BrNO. The number of para-hydroxylation sites is 1. The highest BCUT2D eigenvalue weighted by molar-refractivity contribution is 9.10. The Kier molecular flexibility index (Phi) is 3.30. The lowest BCUT2D eigenvalue weighted by Gasteiger charge is -2.06. The average molecular weight is 316 g/mol. The molecule has 19 heavy (non-hydrogen) atoms. The van der Waals surface area contributed by atoms with E-state index in [2.05, 4.69) is 52.1 Å². The Morgan fingerprint density at radius 3 is 2.74 bits per heavy atom.